The van der Waals surface area contributed by atoms with Gasteiger partial charge in [-0.2, -0.15) is 0 Å². The minimum Gasteiger partial charge on any atom is -0.349 e. The van der Waals surface area contributed by atoms with Gasteiger partial charge in [-0.05, 0) is 31.5 Å². The van der Waals surface area contributed by atoms with Crippen molar-refractivity contribution in [2.75, 3.05) is 19.6 Å². The van der Waals surface area contributed by atoms with Gasteiger partial charge in [-0.25, -0.2) is 0 Å². The highest BCUT2D eigenvalue weighted by Gasteiger charge is 2.20. The summed E-state index contributed by atoms with van der Waals surface area (Å²) in [7, 11) is 0. The van der Waals surface area contributed by atoms with Gasteiger partial charge in [-0.3, -0.25) is 4.79 Å². The fourth-order valence-corrected chi connectivity index (χ4v) is 2.52. The fourth-order valence-electron chi connectivity index (χ4n) is 2.30. The molecule has 2 rings (SSSR count). The van der Waals surface area contributed by atoms with Crippen molar-refractivity contribution in [2.24, 2.45) is 0 Å². The molecule has 0 aliphatic carbocycles. The van der Waals surface area contributed by atoms with Gasteiger partial charge < -0.3 is 10.2 Å². The first kappa shape index (κ1) is 13.4. The minimum atomic E-state index is -0.0597. The maximum atomic E-state index is 12.1. The topological polar surface area (TPSA) is 32.3 Å². The van der Waals surface area contributed by atoms with Gasteiger partial charge in [-0.15, -0.1) is 0 Å². The van der Waals surface area contributed by atoms with Crippen molar-refractivity contribution < 1.29 is 4.79 Å². The molecule has 3 nitrogen and oxygen atoms in total. The number of halogens is 1. The Bertz CT molecular complexity index is 414. The lowest BCUT2D eigenvalue weighted by molar-refractivity contribution is 0.0913. The molecule has 1 fully saturated rings. The summed E-state index contributed by atoms with van der Waals surface area (Å²) in [6.07, 6.45) is 2.04. The molecule has 1 amide bonds. The molecule has 1 aromatic carbocycles. The summed E-state index contributed by atoms with van der Waals surface area (Å²) < 4.78 is 0. The van der Waals surface area contributed by atoms with Gasteiger partial charge >= 0.3 is 0 Å². The van der Waals surface area contributed by atoms with E-state index in [0.29, 0.717) is 10.6 Å². The van der Waals surface area contributed by atoms with Gasteiger partial charge in [0.15, 0.2) is 0 Å². The van der Waals surface area contributed by atoms with E-state index in [1.165, 1.54) is 0 Å². The van der Waals surface area contributed by atoms with Crippen LogP contribution in [0.2, 0.25) is 5.02 Å². The number of amides is 1. The quantitative estimate of drug-likeness (QED) is 0.912. The number of carbonyl (C=O) groups is 1. The summed E-state index contributed by atoms with van der Waals surface area (Å²) in [4.78, 5) is 14.5. The average molecular weight is 267 g/mol. The van der Waals surface area contributed by atoms with E-state index < -0.39 is 0 Å². The lowest BCUT2D eigenvalue weighted by Gasteiger charge is -2.31. The van der Waals surface area contributed by atoms with Crippen LogP contribution in [0.3, 0.4) is 0 Å². The third-order valence-electron chi connectivity index (χ3n) is 3.49. The summed E-state index contributed by atoms with van der Waals surface area (Å²) in [6, 6.07) is 7.45. The van der Waals surface area contributed by atoms with Crippen molar-refractivity contribution in [1.29, 1.82) is 0 Å². The molecular weight excluding hydrogens is 248 g/mol. The van der Waals surface area contributed by atoms with E-state index in [4.69, 9.17) is 11.6 Å². The number of nitrogens with zero attached hydrogens (tertiary/aromatic N) is 1. The predicted octanol–water partition coefficient (Wildman–Crippen LogP) is 2.55. The van der Waals surface area contributed by atoms with Crippen molar-refractivity contribution in [3.8, 4) is 0 Å². The van der Waals surface area contributed by atoms with Crippen LogP contribution >= 0.6 is 11.6 Å². The lowest BCUT2D eigenvalue weighted by Crippen LogP contribution is -2.44. The summed E-state index contributed by atoms with van der Waals surface area (Å²) in [5.74, 6) is -0.0597. The molecule has 1 aliphatic heterocycles. The van der Waals surface area contributed by atoms with Crippen LogP contribution in [-0.4, -0.2) is 36.5 Å². The van der Waals surface area contributed by atoms with Gasteiger partial charge in [0.25, 0.3) is 5.91 Å². The first-order chi connectivity index (χ1) is 8.70. The highest BCUT2D eigenvalue weighted by molar-refractivity contribution is 6.33. The van der Waals surface area contributed by atoms with Crippen molar-refractivity contribution in [2.45, 2.75) is 25.8 Å². The molecule has 98 valence electrons. The van der Waals surface area contributed by atoms with E-state index in [2.05, 4.69) is 17.1 Å². The Morgan fingerprint density at radius 2 is 2.06 bits per heavy atom. The molecule has 0 spiro atoms. The normalized spacial score (nSPS) is 17.7. The number of nitrogens with one attached hydrogen (secondary N) is 1. The van der Waals surface area contributed by atoms with E-state index >= 15 is 0 Å². The Labute approximate surface area is 113 Å². The van der Waals surface area contributed by atoms with E-state index in [1.54, 1.807) is 12.1 Å². The predicted molar refractivity (Wildman–Crippen MR) is 74.1 cm³/mol. The Balaban J connectivity index is 1.91. The number of hydrogen-bond acceptors (Lipinski definition) is 2. The van der Waals surface area contributed by atoms with Crippen LogP contribution in [0.4, 0.5) is 0 Å². The second-order valence-electron chi connectivity index (χ2n) is 4.66. The van der Waals surface area contributed by atoms with Gasteiger partial charge in [0, 0.05) is 19.1 Å². The molecule has 0 atom stereocenters. The van der Waals surface area contributed by atoms with Crippen LogP contribution in [0.15, 0.2) is 24.3 Å². The number of likely N-dealkylation sites (tertiary alicyclic amines) is 1. The molecule has 1 N–H and O–H groups in total. The van der Waals surface area contributed by atoms with Gasteiger partial charge in [0.1, 0.15) is 0 Å². The third kappa shape index (κ3) is 3.24. The molecule has 0 saturated carbocycles. The van der Waals surface area contributed by atoms with Crippen LogP contribution < -0.4 is 5.32 Å². The van der Waals surface area contributed by atoms with Crippen molar-refractivity contribution in [3.05, 3.63) is 34.9 Å². The standard InChI is InChI=1S/C14H19ClN2O/c1-2-17-9-7-11(8-10-17)16-14(18)12-5-3-4-6-13(12)15/h3-6,11H,2,7-10H2,1H3,(H,16,18). The van der Waals surface area contributed by atoms with Gasteiger partial charge in [-0.1, -0.05) is 30.7 Å². The summed E-state index contributed by atoms with van der Waals surface area (Å²) >= 11 is 6.01. The fraction of sp³-hybridized carbons (Fsp3) is 0.500. The summed E-state index contributed by atoms with van der Waals surface area (Å²) in [5, 5.41) is 3.59. The van der Waals surface area contributed by atoms with Crippen molar-refractivity contribution >= 4 is 17.5 Å². The lowest BCUT2D eigenvalue weighted by atomic mass is 10.0. The number of rotatable bonds is 3. The number of benzene rings is 1. The first-order valence-corrected chi connectivity index (χ1v) is 6.86. The monoisotopic (exact) mass is 266 g/mol. The highest BCUT2D eigenvalue weighted by atomic mass is 35.5. The van der Waals surface area contributed by atoms with Crippen LogP contribution in [0, 0.1) is 0 Å². The number of hydrogen-bond donors (Lipinski definition) is 1. The minimum absolute atomic E-state index is 0.0597. The smallest absolute Gasteiger partial charge is 0.253 e. The van der Waals surface area contributed by atoms with Gasteiger partial charge in [0.2, 0.25) is 0 Å². The largest absolute Gasteiger partial charge is 0.349 e. The zero-order chi connectivity index (χ0) is 13.0. The number of carbonyl (C=O) groups excluding carboxylic acids is 1. The van der Waals surface area contributed by atoms with Crippen LogP contribution in [0.5, 0.6) is 0 Å². The molecule has 0 aromatic heterocycles. The maximum absolute atomic E-state index is 12.1. The molecule has 0 bridgehead atoms. The molecular formula is C14H19ClN2O. The molecule has 0 radical (unpaired) electrons. The molecule has 0 unspecified atom stereocenters. The molecule has 1 saturated heterocycles. The van der Waals surface area contributed by atoms with Gasteiger partial charge in [0.05, 0.1) is 10.6 Å². The molecule has 18 heavy (non-hydrogen) atoms. The average Bonchev–Trinajstić information content (AvgIpc) is 2.40. The molecule has 1 aliphatic rings. The van der Waals surface area contributed by atoms with E-state index in [9.17, 15) is 4.79 Å². The van der Waals surface area contributed by atoms with Crippen LogP contribution in [0.25, 0.3) is 0 Å². The molecule has 4 heteroatoms. The van der Waals surface area contributed by atoms with Crippen LogP contribution in [-0.2, 0) is 0 Å². The Kier molecular flexibility index (Phi) is 4.61. The molecule has 1 aromatic rings. The Morgan fingerprint density at radius 3 is 2.67 bits per heavy atom. The third-order valence-corrected chi connectivity index (χ3v) is 3.82. The van der Waals surface area contributed by atoms with E-state index in [0.717, 1.165) is 32.5 Å². The summed E-state index contributed by atoms with van der Waals surface area (Å²) in [6.45, 7) is 5.38. The van der Waals surface area contributed by atoms with E-state index in [1.807, 2.05) is 12.1 Å². The number of piperidine rings is 1. The SMILES string of the molecule is CCN1CCC(NC(=O)c2ccccc2Cl)CC1. The zero-order valence-electron chi connectivity index (χ0n) is 10.7. The van der Waals surface area contributed by atoms with Crippen LogP contribution in [0.1, 0.15) is 30.1 Å². The maximum Gasteiger partial charge on any atom is 0.253 e. The highest BCUT2D eigenvalue weighted by Crippen LogP contribution is 2.16. The Hall–Kier alpha value is -1.06. The summed E-state index contributed by atoms with van der Waals surface area (Å²) in [5.41, 5.74) is 0.567. The van der Waals surface area contributed by atoms with Crippen molar-refractivity contribution in [1.82, 2.24) is 10.2 Å². The molecule has 1 heterocycles. The first-order valence-electron chi connectivity index (χ1n) is 6.48. The van der Waals surface area contributed by atoms with E-state index in [-0.39, 0.29) is 11.9 Å². The Morgan fingerprint density at radius 1 is 1.39 bits per heavy atom. The zero-order valence-corrected chi connectivity index (χ0v) is 11.4. The second-order valence-corrected chi connectivity index (χ2v) is 5.07. The second kappa shape index (κ2) is 6.21. The van der Waals surface area contributed by atoms with Crippen molar-refractivity contribution in [3.63, 3.8) is 0 Å².